The summed E-state index contributed by atoms with van der Waals surface area (Å²) in [7, 11) is 0. The number of pyridine rings is 1. The third-order valence-electron chi connectivity index (χ3n) is 3.96. The maximum atomic E-state index is 11.5. The summed E-state index contributed by atoms with van der Waals surface area (Å²) in [6, 6.07) is 4.16. The van der Waals surface area contributed by atoms with Crippen molar-refractivity contribution in [3.05, 3.63) is 42.2 Å². The van der Waals surface area contributed by atoms with Gasteiger partial charge in [-0.2, -0.15) is 0 Å². The zero-order valence-corrected chi connectivity index (χ0v) is 15.0. The van der Waals surface area contributed by atoms with Crippen LogP contribution in [-0.4, -0.2) is 41.2 Å². The second-order valence-electron chi connectivity index (χ2n) is 7.28. The molecule has 1 fully saturated rings. The molecule has 132 valence electrons. The van der Waals surface area contributed by atoms with E-state index in [-0.39, 0.29) is 6.09 Å². The van der Waals surface area contributed by atoms with Crippen LogP contribution in [0.1, 0.15) is 39.2 Å². The predicted molar refractivity (Wildman–Crippen MR) is 95.6 cm³/mol. The molecule has 5 heteroatoms. The SMILES string of the molecule is CC(C)(C)OC(=O)NCC=CC1CCN(Cc2ccncc2)CC1. The van der Waals surface area contributed by atoms with Crippen LogP contribution in [0, 0.1) is 5.92 Å². The molecule has 0 aliphatic carbocycles. The molecule has 2 heterocycles. The Morgan fingerprint density at radius 1 is 1.33 bits per heavy atom. The van der Waals surface area contributed by atoms with Gasteiger partial charge in [0.05, 0.1) is 0 Å². The van der Waals surface area contributed by atoms with Crippen molar-refractivity contribution >= 4 is 6.09 Å². The van der Waals surface area contributed by atoms with Gasteiger partial charge >= 0.3 is 6.09 Å². The Balaban J connectivity index is 1.63. The van der Waals surface area contributed by atoms with Crippen LogP contribution in [0.15, 0.2) is 36.7 Å². The number of alkyl carbamates (subject to hydrolysis) is 1. The minimum absolute atomic E-state index is 0.362. The monoisotopic (exact) mass is 331 g/mol. The Kier molecular flexibility index (Phi) is 6.79. The standard InChI is InChI=1S/C19H29N3O2/c1-19(2,3)24-18(23)21-10-4-5-16-8-13-22(14-9-16)15-17-6-11-20-12-7-17/h4-7,11-12,16H,8-10,13-15H2,1-3H3,(H,21,23). The third kappa shape index (κ3) is 7.13. The molecule has 0 radical (unpaired) electrons. The smallest absolute Gasteiger partial charge is 0.407 e. The van der Waals surface area contributed by atoms with Crippen LogP contribution in [0.25, 0.3) is 0 Å². The Labute approximate surface area is 145 Å². The van der Waals surface area contributed by atoms with Gasteiger partial charge in [-0.25, -0.2) is 4.79 Å². The average molecular weight is 331 g/mol. The molecule has 0 bridgehead atoms. The van der Waals surface area contributed by atoms with Gasteiger partial charge in [0.25, 0.3) is 0 Å². The summed E-state index contributed by atoms with van der Waals surface area (Å²) in [4.78, 5) is 18.1. The first-order valence-corrected chi connectivity index (χ1v) is 8.67. The number of allylic oxidation sites excluding steroid dienone is 1. The van der Waals surface area contributed by atoms with E-state index in [4.69, 9.17) is 4.74 Å². The van der Waals surface area contributed by atoms with Gasteiger partial charge in [-0.3, -0.25) is 9.88 Å². The van der Waals surface area contributed by atoms with Gasteiger partial charge < -0.3 is 10.1 Å². The van der Waals surface area contributed by atoms with E-state index in [0.29, 0.717) is 12.5 Å². The number of nitrogens with zero attached hydrogens (tertiary/aromatic N) is 2. The molecule has 1 aliphatic rings. The molecule has 1 aromatic rings. The van der Waals surface area contributed by atoms with Gasteiger partial charge in [0.2, 0.25) is 0 Å². The molecule has 0 unspecified atom stereocenters. The van der Waals surface area contributed by atoms with Crippen LogP contribution in [-0.2, 0) is 11.3 Å². The van der Waals surface area contributed by atoms with E-state index in [2.05, 4.69) is 33.4 Å². The summed E-state index contributed by atoms with van der Waals surface area (Å²) in [5, 5.41) is 2.76. The predicted octanol–water partition coefficient (Wildman–Crippen LogP) is 3.37. The number of amides is 1. The lowest BCUT2D eigenvalue weighted by atomic mass is 9.96. The van der Waals surface area contributed by atoms with Crippen LogP contribution in [0.3, 0.4) is 0 Å². The van der Waals surface area contributed by atoms with Crippen LogP contribution in [0.5, 0.6) is 0 Å². The lowest BCUT2D eigenvalue weighted by Gasteiger charge is -2.30. The van der Waals surface area contributed by atoms with E-state index in [1.165, 1.54) is 5.56 Å². The third-order valence-corrected chi connectivity index (χ3v) is 3.96. The highest BCUT2D eigenvalue weighted by Crippen LogP contribution is 2.19. The second kappa shape index (κ2) is 8.83. The zero-order chi connectivity index (χ0) is 17.4. The van der Waals surface area contributed by atoms with Gasteiger partial charge in [0, 0.05) is 25.5 Å². The quantitative estimate of drug-likeness (QED) is 0.841. The summed E-state index contributed by atoms with van der Waals surface area (Å²) in [5.41, 5.74) is 0.871. The minimum Gasteiger partial charge on any atom is -0.444 e. The molecular weight excluding hydrogens is 302 g/mol. The fourth-order valence-electron chi connectivity index (χ4n) is 2.77. The number of rotatable bonds is 5. The number of piperidine rings is 1. The van der Waals surface area contributed by atoms with Gasteiger partial charge in [0.1, 0.15) is 5.60 Å². The highest BCUT2D eigenvalue weighted by atomic mass is 16.6. The summed E-state index contributed by atoms with van der Waals surface area (Å²) in [5.74, 6) is 0.596. The summed E-state index contributed by atoms with van der Waals surface area (Å²) >= 11 is 0. The first kappa shape index (κ1) is 18.5. The molecule has 0 aromatic carbocycles. The first-order valence-electron chi connectivity index (χ1n) is 8.67. The number of aromatic nitrogens is 1. The van der Waals surface area contributed by atoms with E-state index in [0.717, 1.165) is 32.5 Å². The average Bonchev–Trinajstić information content (AvgIpc) is 2.52. The minimum atomic E-state index is -0.449. The van der Waals surface area contributed by atoms with Crippen molar-refractivity contribution in [2.45, 2.75) is 45.8 Å². The van der Waals surface area contributed by atoms with Gasteiger partial charge in [-0.15, -0.1) is 0 Å². The molecule has 1 aliphatic heterocycles. The van der Waals surface area contributed by atoms with E-state index in [1.807, 2.05) is 39.2 Å². The first-order chi connectivity index (χ1) is 11.4. The summed E-state index contributed by atoms with van der Waals surface area (Å²) in [6.07, 6.45) is 9.92. The number of hydrogen-bond donors (Lipinski definition) is 1. The molecule has 1 saturated heterocycles. The van der Waals surface area contributed by atoms with Gasteiger partial charge in [-0.1, -0.05) is 12.2 Å². The van der Waals surface area contributed by atoms with Crippen LogP contribution in [0.2, 0.25) is 0 Å². The Bertz CT molecular complexity index is 529. The van der Waals surface area contributed by atoms with Gasteiger partial charge in [-0.05, 0) is 70.3 Å². The van der Waals surface area contributed by atoms with E-state index >= 15 is 0 Å². The maximum Gasteiger partial charge on any atom is 0.407 e. The molecule has 0 saturated carbocycles. The van der Waals surface area contributed by atoms with Crippen molar-refractivity contribution in [1.82, 2.24) is 15.2 Å². The van der Waals surface area contributed by atoms with Crippen molar-refractivity contribution in [2.75, 3.05) is 19.6 Å². The Hall–Kier alpha value is -1.88. The summed E-state index contributed by atoms with van der Waals surface area (Å²) in [6.45, 7) is 9.32. The number of carbonyl (C=O) groups excluding carboxylic acids is 1. The molecule has 1 aromatic heterocycles. The highest BCUT2D eigenvalue weighted by Gasteiger charge is 2.17. The van der Waals surface area contributed by atoms with Gasteiger partial charge in [0.15, 0.2) is 0 Å². The molecule has 1 N–H and O–H groups in total. The molecular formula is C19H29N3O2. The number of carbonyl (C=O) groups is 1. The Morgan fingerprint density at radius 2 is 2.00 bits per heavy atom. The number of nitrogens with one attached hydrogen (secondary N) is 1. The lowest BCUT2D eigenvalue weighted by Crippen LogP contribution is -2.33. The lowest BCUT2D eigenvalue weighted by molar-refractivity contribution is 0.0534. The maximum absolute atomic E-state index is 11.5. The van der Waals surface area contributed by atoms with Crippen molar-refractivity contribution in [2.24, 2.45) is 5.92 Å². The number of likely N-dealkylation sites (tertiary alicyclic amines) is 1. The van der Waals surface area contributed by atoms with Crippen molar-refractivity contribution in [3.63, 3.8) is 0 Å². The van der Waals surface area contributed by atoms with Crippen molar-refractivity contribution < 1.29 is 9.53 Å². The highest BCUT2D eigenvalue weighted by molar-refractivity contribution is 5.67. The largest absolute Gasteiger partial charge is 0.444 e. The normalized spacial score (nSPS) is 17.1. The molecule has 0 atom stereocenters. The van der Waals surface area contributed by atoms with Crippen LogP contribution in [0.4, 0.5) is 4.79 Å². The fourth-order valence-corrected chi connectivity index (χ4v) is 2.77. The molecule has 0 spiro atoms. The molecule has 1 amide bonds. The van der Waals surface area contributed by atoms with E-state index in [9.17, 15) is 4.79 Å². The molecule has 2 rings (SSSR count). The second-order valence-corrected chi connectivity index (χ2v) is 7.28. The topological polar surface area (TPSA) is 54.5 Å². The zero-order valence-electron chi connectivity index (χ0n) is 15.0. The van der Waals surface area contributed by atoms with Crippen LogP contribution < -0.4 is 5.32 Å². The van der Waals surface area contributed by atoms with Crippen molar-refractivity contribution in [1.29, 1.82) is 0 Å². The van der Waals surface area contributed by atoms with Crippen LogP contribution >= 0.6 is 0 Å². The molecule has 5 nitrogen and oxygen atoms in total. The number of hydrogen-bond acceptors (Lipinski definition) is 4. The fraction of sp³-hybridized carbons (Fsp3) is 0.579. The van der Waals surface area contributed by atoms with Crippen molar-refractivity contribution in [3.8, 4) is 0 Å². The van der Waals surface area contributed by atoms with E-state index in [1.54, 1.807) is 0 Å². The Morgan fingerprint density at radius 3 is 2.62 bits per heavy atom. The molecule has 24 heavy (non-hydrogen) atoms. The summed E-state index contributed by atoms with van der Waals surface area (Å²) < 4.78 is 5.21. The number of ether oxygens (including phenoxy) is 1. The van der Waals surface area contributed by atoms with E-state index < -0.39 is 5.60 Å².